The molecule has 0 aliphatic carbocycles. The van der Waals surface area contributed by atoms with Crippen LogP contribution in [0.1, 0.15) is 20.7 Å². The Morgan fingerprint density at radius 2 is 1.38 bits per heavy atom. The van der Waals surface area contributed by atoms with E-state index in [2.05, 4.69) is 0 Å². The fourth-order valence-corrected chi connectivity index (χ4v) is 2.20. The summed E-state index contributed by atoms with van der Waals surface area (Å²) in [4.78, 5) is 35.5. The lowest BCUT2D eigenvalue weighted by atomic mass is 10.1. The molecule has 1 aliphatic rings. The zero-order valence-corrected chi connectivity index (χ0v) is 13.1. The molecule has 2 amide bonds. The predicted octanol–water partition coefficient (Wildman–Crippen LogP) is 0.417. The van der Waals surface area contributed by atoms with Gasteiger partial charge in [-0.1, -0.05) is 12.1 Å². The minimum atomic E-state index is -1.02. The van der Waals surface area contributed by atoms with Crippen LogP contribution >= 0.6 is 0 Å². The van der Waals surface area contributed by atoms with Crippen LogP contribution in [-0.2, 0) is 19.0 Å². The molecule has 0 saturated carbocycles. The van der Waals surface area contributed by atoms with Crippen LogP contribution < -0.4 is 0 Å². The Morgan fingerprint density at radius 1 is 0.875 bits per heavy atom. The van der Waals surface area contributed by atoms with E-state index in [1.807, 2.05) is 0 Å². The fourth-order valence-electron chi connectivity index (χ4n) is 2.20. The second-order valence-electron chi connectivity index (χ2n) is 4.98. The fraction of sp³-hybridized carbons (Fsp3) is 0.438. The maximum Gasteiger partial charge on any atom is 0.329 e. The molecule has 1 aromatic carbocycles. The van der Waals surface area contributed by atoms with Crippen LogP contribution in [0.25, 0.3) is 0 Å². The van der Waals surface area contributed by atoms with E-state index in [9.17, 15) is 14.4 Å². The van der Waals surface area contributed by atoms with Gasteiger partial charge >= 0.3 is 5.97 Å². The molecule has 130 valence electrons. The van der Waals surface area contributed by atoms with Crippen LogP contribution in [0.3, 0.4) is 0 Å². The number of carbonyl (C=O) groups excluding carboxylic acids is 2. The molecule has 0 unspecified atom stereocenters. The third-order valence-corrected chi connectivity index (χ3v) is 3.31. The summed E-state index contributed by atoms with van der Waals surface area (Å²) in [6.07, 6.45) is 0. The number of fused-ring (bicyclic) bond motifs is 1. The van der Waals surface area contributed by atoms with Gasteiger partial charge in [-0.05, 0) is 12.1 Å². The summed E-state index contributed by atoms with van der Waals surface area (Å²) in [5.41, 5.74) is 0.847. The molecular weight excluding hydrogens is 318 g/mol. The Balaban J connectivity index is 1.55. The molecule has 0 atom stereocenters. The molecule has 0 radical (unpaired) electrons. The Labute approximate surface area is 138 Å². The molecule has 8 nitrogen and oxygen atoms in total. The van der Waals surface area contributed by atoms with E-state index in [1.165, 1.54) is 4.90 Å². The third-order valence-electron chi connectivity index (χ3n) is 3.31. The van der Waals surface area contributed by atoms with Gasteiger partial charge in [-0.2, -0.15) is 0 Å². The molecule has 0 spiro atoms. The van der Waals surface area contributed by atoms with Crippen molar-refractivity contribution in [2.24, 2.45) is 0 Å². The first kappa shape index (κ1) is 18.1. The quantitative estimate of drug-likeness (QED) is 0.461. The zero-order valence-electron chi connectivity index (χ0n) is 13.1. The maximum absolute atomic E-state index is 12.1. The Bertz CT molecular complexity index is 567. The van der Waals surface area contributed by atoms with Crippen LogP contribution in [0.5, 0.6) is 0 Å². The van der Waals surface area contributed by atoms with Crippen molar-refractivity contribution in [3.05, 3.63) is 35.4 Å². The summed E-state index contributed by atoms with van der Waals surface area (Å²) in [7, 11) is 0. The normalized spacial score (nSPS) is 13.4. The van der Waals surface area contributed by atoms with Crippen molar-refractivity contribution in [3.63, 3.8) is 0 Å². The second kappa shape index (κ2) is 9.11. The van der Waals surface area contributed by atoms with Crippen molar-refractivity contribution >= 4 is 17.8 Å². The SMILES string of the molecule is O=C(O)COCCOCCOCCN1C(=O)c2ccccc2C1=O. The second-order valence-corrected chi connectivity index (χ2v) is 4.98. The monoisotopic (exact) mass is 337 g/mol. The summed E-state index contributed by atoms with van der Waals surface area (Å²) < 4.78 is 15.3. The molecule has 1 aromatic rings. The highest BCUT2D eigenvalue weighted by Crippen LogP contribution is 2.21. The summed E-state index contributed by atoms with van der Waals surface area (Å²) in [5.74, 6) is -1.62. The van der Waals surface area contributed by atoms with Crippen molar-refractivity contribution in [2.75, 3.05) is 46.2 Å². The number of hydrogen-bond donors (Lipinski definition) is 1. The van der Waals surface area contributed by atoms with Gasteiger partial charge < -0.3 is 19.3 Å². The molecule has 2 rings (SSSR count). The number of nitrogens with zero attached hydrogens (tertiary/aromatic N) is 1. The van der Waals surface area contributed by atoms with Gasteiger partial charge in [0.25, 0.3) is 11.8 Å². The largest absolute Gasteiger partial charge is 0.480 e. The van der Waals surface area contributed by atoms with E-state index < -0.39 is 5.97 Å². The number of amides is 2. The molecule has 8 heteroatoms. The number of benzene rings is 1. The molecule has 0 bridgehead atoms. The first-order valence-electron chi connectivity index (χ1n) is 7.51. The van der Waals surface area contributed by atoms with E-state index >= 15 is 0 Å². The van der Waals surface area contributed by atoms with Crippen LogP contribution in [0, 0.1) is 0 Å². The number of aliphatic carboxylic acids is 1. The van der Waals surface area contributed by atoms with Crippen molar-refractivity contribution in [1.82, 2.24) is 4.90 Å². The maximum atomic E-state index is 12.1. The summed E-state index contributed by atoms with van der Waals surface area (Å²) in [5, 5.41) is 8.36. The van der Waals surface area contributed by atoms with E-state index in [-0.39, 0.29) is 44.8 Å². The van der Waals surface area contributed by atoms with Gasteiger partial charge in [0.1, 0.15) is 6.61 Å². The number of carboxylic acid groups (broad SMARTS) is 1. The minimum absolute atomic E-state index is 0.189. The van der Waals surface area contributed by atoms with Gasteiger partial charge in [-0.25, -0.2) is 4.79 Å². The van der Waals surface area contributed by atoms with Gasteiger partial charge in [-0.3, -0.25) is 14.5 Å². The van der Waals surface area contributed by atoms with E-state index in [0.29, 0.717) is 24.3 Å². The molecule has 1 N–H and O–H groups in total. The Kier molecular flexibility index (Phi) is 6.86. The minimum Gasteiger partial charge on any atom is -0.480 e. The highest BCUT2D eigenvalue weighted by molar-refractivity contribution is 6.21. The lowest BCUT2D eigenvalue weighted by Gasteiger charge is -2.13. The summed E-state index contributed by atoms with van der Waals surface area (Å²) in [6.45, 7) is 1.16. The number of carbonyl (C=O) groups is 3. The number of hydrogen-bond acceptors (Lipinski definition) is 6. The Hall–Kier alpha value is -2.29. The van der Waals surface area contributed by atoms with Crippen LogP contribution in [-0.4, -0.2) is 74.0 Å². The van der Waals surface area contributed by atoms with Crippen LogP contribution in [0.4, 0.5) is 0 Å². The molecular formula is C16H19NO7. The van der Waals surface area contributed by atoms with Crippen molar-refractivity contribution in [3.8, 4) is 0 Å². The molecule has 0 fully saturated rings. The molecule has 0 aromatic heterocycles. The summed E-state index contributed by atoms with van der Waals surface area (Å²) >= 11 is 0. The van der Waals surface area contributed by atoms with E-state index in [1.54, 1.807) is 24.3 Å². The standard InChI is InChI=1S/C16H19NO7/c18-14(19)11-24-10-9-23-8-7-22-6-5-17-15(20)12-3-1-2-4-13(12)16(17)21/h1-4H,5-11H2,(H,18,19). The van der Waals surface area contributed by atoms with E-state index in [4.69, 9.17) is 19.3 Å². The number of rotatable bonds is 11. The number of ether oxygens (including phenoxy) is 3. The van der Waals surface area contributed by atoms with Crippen LogP contribution in [0.15, 0.2) is 24.3 Å². The molecule has 1 aliphatic heterocycles. The van der Waals surface area contributed by atoms with Crippen molar-refractivity contribution in [1.29, 1.82) is 0 Å². The van der Waals surface area contributed by atoms with Gasteiger partial charge in [0.15, 0.2) is 0 Å². The first-order chi connectivity index (χ1) is 11.6. The van der Waals surface area contributed by atoms with Gasteiger partial charge in [0.2, 0.25) is 0 Å². The summed E-state index contributed by atoms with van der Waals surface area (Å²) in [6, 6.07) is 6.72. The average Bonchev–Trinajstić information content (AvgIpc) is 2.81. The lowest BCUT2D eigenvalue weighted by Crippen LogP contribution is -2.33. The molecule has 0 saturated heterocycles. The topological polar surface area (TPSA) is 102 Å². The van der Waals surface area contributed by atoms with Gasteiger partial charge in [-0.15, -0.1) is 0 Å². The van der Waals surface area contributed by atoms with Crippen molar-refractivity contribution < 1.29 is 33.7 Å². The van der Waals surface area contributed by atoms with Crippen LogP contribution in [0.2, 0.25) is 0 Å². The molecule has 24 heavy (non-hydrogen) atoms. The smallest absolute Gasteiger partial charge is 0.329 e. The molecule has 1 heterocycles. The van der Waals surface area contributed by atoms with E-state index in [0.717, 1.165) is 0 Å². The van der Waals surface area contributed by atoms with Gasteiger partial charge in [0, 0.05) is 0 Å². The first-order valence-corrected chi connectivity index (χ1v) is 7.51. The van der Waals surface area contributed by atoms with Crippen molar-refractivity contribution in [2.45, 2.75) is 0 Å². The average molecular weight is 337 g/mol. The zero-order chi connectivity index (χ0) is 17.4. The highest BCUT2D eigenvalue weighted by Gasteiger charge is 2.34. The number of carboxylic acids is 1. The third kappa shape index (κ3) is 4.85. The van der Waals surface area contributed by atoms with Gasteiger partial charge in [0.05, 0.1) is 50.7 Å². The predicted molar refractivity (Wildman–Crippen MR) is 81.9 cm³/mol. The lowest BCUT2D eigenvalue weighted by molar-refractivity contribution is -0.142. The number of imide groups is 1. The highest BCUT2D eigenvalue weighted by atomic mass is 16.5. The Morgan fingerprint density at radius 3 is 1.92 bits per heavy atom.